The van der Waals surface area contributed by atoms with Gasteiger partial charge in [-0.25, -0.2) is 4.90 Å². The van der Waals surface area contributed by atoms with Crippen molar-refractivity contribution >= 4 is 58.0 Å². The SMILES string of the molecule is Cc1ccc(C2=C(Sc3ccc(Cl)cc3)C(=O)N(c3ccccc3Cl)C2=O)cc1C. The van der Waals surface area contributed by atoms with Crippen molar-refractivity contribution in [3.63, 3.8) is 0 Å². The molecular weight excluding hydrogens is 437 g/mol. The molecule has 1 heterocycles. The molecule has 150 valence electrons. The number of nitrogens with zero attached hydrogens (tertiary/aromatic N) is 1. The molecular formula is C24H17Cl2NO2S. The van der Waals surface area contributed by atoms with Crippen molar-refractivity contribution in [2.45, 2.75) is 18.7 Å². The third-order valence-electron chi connectivity index (χ3n) is 4.96. The Morgan fingerprint density at radius 2 is 1.50 bits per heavy atom. The molecule has 3 aromatic carbocycles. The number of anilines is 1. The summed E-state index contributed by atoms with van der Waals surface area (Å²) in [5.74, 6) is -0.769. The van der Waals surface area contributed by atoms with E-state index >= 15 is 0 Å². The summed E-state index contributed by atoms with van der Waals surface area (Å²) in [6, 6.07) is 19.8. The molecule has 0 fully saturated rings. The number of carbonyl (C=O) groups excluding carboxylic acids is 2. The summed E-state index contributed by atoms with van der Waals surface area (Å²) < 4.78 is 0. The van der Waals surface area contributed by atoms with E-state index in [1.165, 1.54) is 11.8 Å². The zero-order valence-corrected chi connectivity index (χ0v) is 18.6. The zero-order chi connectivity index (χ0) is 21.4. The van der Waals surface area contributed by atoms with Gasteiger partial charge in [0, 0.05) is 9.92 Å². The number of benzene rings is 3. The molecule has 1 aliphatic rings. The Morgan fingerprint density at radius 1 is 0.800 bits per heavy atom. The number of aryl methyl sites for hydroxylation is 2. The van der Waals surface area contributed by atoms with Gasteiger partial charge in [0.2, 0.25) is 0 Å². The zero-order valence-electron chi connectivity index (χ0n) is 16.3. The van der Waals surface area contributed by atoms with Gasteiger partial charge >= 0.3 is 0 Å². The quantitative estimate of drug-likeness (QED) is 0.413. The van der Waals surface area contributed by atoms with Gasteiger partial charge in [0.05, 0.1) is 21.2 Å². The van der Waals surface area contributed by atoms with Gasteiger partial charge in [0.1, 0.15) is 0 Å². The lowest BCUT2D eigenvalue weighted by Gasteiger charge is -2.16. The van der Waals surface area contributed by atoms with E-state index in [9.17, 15) is 9.59 Å². The molecule has 30 heavy (non-hydrogen) atoms. The lowest BCUT2D eigenvalue weighted by atomic mass is 10.0. The first-order valence-electron chi connectivity index (χ1n) is 9.25. The first-order valence-corrected chi connectivity index (χ1v) is 10.8. The molecule has 4 rings (SSSR count). The van der Waals surface area contributed by atoms with E-state index in [-0.39, 0.29) is 11.8 Å². The summed E-state index contributed by atoms with van der Waals surface area (Å²) in [4.78, 5) is 29.2. The number of carbonyl (C=O) groups is 2. The van der Waals surface area contributed by atoms with Crippen LogP contribution in [-0.4, -0.2) is 11.8 Å². The topological polar surface area (TPSA) is 37.4 Å². The van der Waals surface area contributed by atoms with Crippen molar-refractivity contribution in [2.24, 2.45) is 0 Å². The van der Waals surface area contributed by atoms with Crippen LogP contribution in [0.3, 0.4) is 0 Å². The second-order valence-corrected chi connectivity index (χ2v) is 8.88. The van der Waals surface area contributed by atoms with Crippen LogP contribution in [0.25, 0.3) is 5.57 Å². The van der Waals surface area contributed by atoms with E-state index in [2.05, 4.69) is 0 Å². The number of hydrogen-bond acceptors (Lipinski definition) is 3. The molecule has 0 saturated heterocycles. The van der Waals surface area contributed by atoms with Gasteiger partial charge in [-0.3, -0.25) is 9.59 Å². The Morgan fingerprint density at radius 3 is 2.17 bits per heavy atom. The van der Waals surface area contributed by atoms with Crippen LogP contribution in [-0.2, 0) is 9.59 Å². The third-order valence-corrected chi connectivity index (χ3v) is 6.63. The van der Waals surface area contributed by atoms with E-state index in [1.807, 2.05) is 44.2 Å². The van der Waals surface area contributed by atoms with Crippen molar-refractivity contribution in [1.82, 2.24) is 0 Å². The normalized spacial score (nSPS) is 14.1. The molecule has 3 aromatic rings. The largest absolute Gasteiger partial charge is 0.272 e. The highest BCUT2D eigenvalue weighted by Crippen LogP contribution is 2.43. The Kier molecular flexibility index (Phi) is 5.74. The van der Waals surface area contributed by atoms with Gasteiger partial charge in [0.25, 0.3) is 11.8 Å². The van der Waals surface area contributed by atoms with Crippen molar-refractivity contribution < 1.29 is 9.59 Å². The van der Waals surface area contributed by atoms with Crippen molar-refractivity contribution in [3.8, 4) is 0 Å². The molecule has 0 unspecified atom stereocenters. The van der Waals surface area contributed by atoms with Crippen LogP contribution in [0.15, 0.2) is 76.5 Å². The maximum Gasteiger partial charge on any atom is 0.272 e. The summed E-state index contributed by atoms with van der Waals surface area (Å²) in [7, 11) is 0. The first-order chi connectivity index (χ1) is 14.4. The van der Waals surface area contributed by atoms with Crippen LogP contribution in [0, 0.1) is 13.8 Å². The molecule has 0 N–H and O–H groups in total. The molecule has 0 aromatic heterocycles. The lowest BCUT2D eigenvalue weighted by Crippen LogP contribution is -2.31. The maximum absolute atomic E-state index is 13.5. The van der Waals surface area contributed by atoms with Crippen molar-refractivity contribution in [3.05, 3.63) is 98.4 Å². The van der Waals surface area contributed by atoms with Crippen molar-refractivity contribution in [1.29, 1.82) is 0 Å². The predicted octanol–water partition coefficient (Wildman–Crippen LogP) is 6.69. The van der Waals surface area contributed by atoms with Gasteiger partial charge in [-0.2, -0.15) is 0 Å². The maximum atomic E-state index is 13.5. The summed E-state index contributed by atoms with van der Waals surface area (Å²) in [6.45, 7) is 3.99. The predicted molar refractivity (Wildman–Crippen MR) is 124 cm³/mol. The average molecular weight is 454 g/mol. The number of imide groups is 1. The van der Waals surface area contributed by atoms with E-state index in [0.29, 0.717) is 31.8 Å². The van der Waals surface area contributed by atoms with Crippen LogP contribution in [0.4, 0.5) is 5.69 Å². The van der Waals surface area contributed by atoms with Gasteiger partial charge in [-0.1, -0.05) is 65.3 Å². The average Bonchev–Trinajstić information content (AvgIpc) is 2.96. The molecule has 0 radical (unpaired) electrons. The molecule has 3 nitrogen and oxygen atoms in total. The highest BCUT2D eigenvalue weighted by atomic mass is 35.5. The Labute approximate surface area is 189 Å². The number of rotatable bonds is 4. The summed E-state index contributed by atoms with van der Waals surface area (Å²) >= 11 is 13.6. The van der Waals surface area contributed by atoms with Crippen LogP contribution in [0.2, 0.25) is 10.0 Å². The Balaban J connectivity index is 1.86. The highest BCUT2D eigenvalue weighted by Gasteiger charge is 2.41. The second-order valence-electron chi connectivity index (χ2n) is 6.96. The van der Waals surface area contributed by atoms with E-state index < -0.39 is 0 Å². The minimum absolute atomic E-state index is 0.344. The molecule has 6 heteroatoms. The monoisotopic (exact) mass is 453 g/mol. The van der Waals surface area contributed by atoms with E-state index in [0.717, 1.165) is 20.9 Å². The summed E-state index contributed by atoms with van der Waals surface area (Å²) in [5, 5.41) is 0.950. The molecule has 0 atom stereocenters. The Bertz CT molecular complexity index is 1200. The standard InChI is InChI=1S/C24H17Cl2NO2S/c1-14-7-8-16(13-15(14)2)21-22(30-18-11-9-17(25)10-12-18)24(29)27(23(21)28)20-6-4-3-5-19(20)26/h3-13H,1-2H3. The minimum Gasteiger partial charge on any atom is -0.268 e. The van der Waals surface area contributed by atoms with Crippen LogP contribution < -0.4 is 4.90 Å². The van der Waals surface area contributed by atoms with Gasteiger partial charge in [-0.15, -0.1) is 0 Å². The number of hydrogen-bond donors (Lipinski definition) is 0. The highest BCUT2D eigenvalue weighted by molar-refractivity contribution is 8.04. The summed E-state index contributed by atoms with van der Waals surface area (Å²) in [5.41, 5.74) is 3.63. The van der Waals surface area contributed by atoms with Gasteiger partial charge in [0.15, 0.2) is 0 Å². The third kappa shape index (κ3) is 3.79. The second kappa shape index (κ2) is 8.31. The van der Waals surface area contributed by atoms with Gasteiger partial charge < -0.3 is 0 Å². The number of amides is 2. The molecule has 1 aliphatic heterocycles. The smallest absolute Gasteiger partial charge is 0.268 e. The van der Waals surface area contributed by atoms with Crippen molar-refractivity contribution in [2.75, 3.05) is 4.90 Å². The molecule has 0 spiro atoms. The summed E-state index contributed by atoms with van der Waals surface area (Å²) in [6.07, 6.45) is 0. The molecule has 0 saturated carbocycles. The Hall–Kier alpha value is -2.53. The number of para-hydroxylation sites is 1. The van der Waals surface area contributed by atoms with Gasteiger partial charge in [-0.05, 0) is 66.9 Å². The fraction of sp³-hybridized carbons (Fsp3) is 0.0833. The molecule has 2 amide bonds. The van der Waals surface area contributed by atoms with E-state index in [4.69, 9.17) is 23.2 Å². The van der Waals surface area contributed by atoms with Crippen LogP contribution >= 0.6 is 35.0 Å². The fourth-order valence-corrected chi connectivity index (χ4v) is 4.57. The van der Waals surface area contributed by atoms with E-state index in [1.54, 1.807) is 36.4 Å². The first kappa shape index (κ1) is 20.7. The molecule has 0 bridgehead atoms. The number of thioether (sulfide) groups is 1. The minimum atomic E-state index is -0.388. The number of halogens is 2. The van der Waals surface area contributed by atoms with Crippen LogP contribution in [0.5, 0.6) is 0 Å². The lowest BCUT2D eigenvalue weighted by molar-refractivity contribution is -0.119. The van der Waals surface area contributed by atoms with Crippen LogP contribution in [0.1, 0.15) is 16.7 Å². The molecule has 0 aliphatic carbocycles. The fourth-order valence-electron chi connectivity index (χ4n) is 3.23.